The van der Waals surface area contributed by atoms with Crippen LogP contribution in [0.3, 0.4) is 0 Å². The first-order chi connectivity index (χ1) is 5.75. The second-order valence-corrected chi connectivity index (χ2v) is 6.00. The summed E-state index contributed by atoms with van der Waals surface area (Å²) in [6, 6.07) is 0. The number of rotatable bonds is 1. The molecule has 0 fully saturated rings. The fraction of sp³-hybridized carbons (Fsp3) is 1.00. The fourth-order valence-corrected chi connectivity index (χ4v) is 1.29. The summed E-state index contributed by atoms with van der Waals surface area (Å²) in [4.78, 5) is 0. The van der Waals surface area contributed by atoms with Gasteiger partial charge in [0.15, 0.2) is 0 Å². The van der Waals surface area contributed by atoms with Crippen LogP contribution in [0.15, 0.2) is 0 Å². The van der Waals surface area contributed by atoms with Crippen molar-refractivity contribution in [2.75, 3.05) is 0 Å². The summed E-state index contributed by atoms with van der Waals surface area (Å²) >= 11 is 0. The minimum Gasteiger partial charge on any atom is -0.171 e. The van der Waals surface area contributed by atoms with E-state index in [1.54, 1.807) is 15.7 Å². The van der Waals surface area contributed by atoms with Gasteiger partial charge in [-0.1, -0.05) is 39.8 Å². The van der Waals surface area contributed by atoms with E-state index in [0.29, 0.717) is 0 Å². The second-order valence-electron chi connectivity index (χ2n) is 6.00. The average Bonchev–Trinajstić information content (AvgIpc) is 1.81. The molecule has 0 bridgehead atoms. The molecule has 5 heteroatoms. The smallest absolute Gasteiger partial charge is 0.171 e. The van der Waals surface area contributed by atoms with Crippen molar-refractivity contribution in [2.24, 2.45) is 10.8 Å². The van der Waals surface area contributed by atoms with E-state index in [1.807, 2.05) is 20.8 Å². The van der Waals surface area contributed by atoms with Gasteiger partial charge in [-0.05, 0) is 5.41 Å². The third-order valence-electron chi connectivity index (χ3n) is 4.15. The molecule has 0 aromatic carbocycles. The van der Waals surface area contributed by atoms with E-state index in [9.17, 15) is 13.2 Å². The maximum absolute atomic E-state index is 12.9. The Kier molecular flexibility index (Phi) is 3.19. The summed E-state index contributed by atoms with van der Waals surface area (Å²) in [5.41, 5.74) is -2.07. The van der Waals surface area contributed by atoms with Gasteiger partial charge >= 0.3 is 6.18 Å². The van der Waals surface area contributed by atoms with Gasteiger partial charge in [0.05, 0.1) is 5.41 Å². The average molecular weight is 206 g/mol. The highest BCUT2D eigenvalue weighted by molar-refractivity contribution is 6.41. The summed E-state index contributed by atoms with van der Waals surface area (Å²) in [7, 11) is 3.36. The highest BCUT2D eigenvalue weighted by Gasteiger charge is 2.59. The zero-order chi connectivity index (χ0) is 12.0. The van der Waals surface area contributed by atoms with Crippen molar-refractivity contribution in [1.82, 2.24) is 0 Å². The molecule has 0 aliphatic rings. The first-order valence-electron chi connectivity index (χ1n) is 4.82. The molecule has 0 N–H and O–H groups in total. The zero-order valence-electron chi connectivity index (χ0n) is 10.1. The lowest BCUT2D eigenvalue weighted by molar-refractivity contribution is -0.225. The fourth-order valence-electron chi connectivity index (χ4n) is 1.29. The van der Waals surface area contributed by atoms with Gasteiger partial charge < -0.3 is 0 Å². The third kappa shape index (κ3) is 1.96. The van der Waals surface area contributed by atoms with Crippen molar-refractivity contribution in [3.05, 3.63) is 0 Å². The molecule has 0 radical (unpaired) electrons. The minimum absolute atomic E-state index is 0.383. The largest absolute Gasteiger partial charge is 0.393 e. The van der Waals surface area contributed by atoms with Crippen LogP contribution >= 0.6 is 0 Å². The van der Waals surface area contributed by atoms with Gasteiger partial charge in [0.1, 0.15) is 15.7 Å². The van der Waals surface area contributed by atoms with Crippen LogP contribution in [0.1, 0.15) is 34.6 Å². The van der Waals surface area contributed by atoms with Gasteiger partial charge in [-0.3, -0.25) is 0 Å². The Bertz CT molecular complexity index is 187. The van der Waals surface area contributed by atoms with Crippen molar-refractivity contribution in [3.63, 3.8) is 0 Å². The van der Waals surface area contributed by atoms with E-state index < -0.39 is 16.8 Å². The molecule has 0 unspecified atom stereocenters. The summed E-state index contributed by atoms with van der Waals surface area (Å²) in [5, 5.41) is -0.807. The lowest BCUT2D eigenvalue weighted by Gasteiger charge is -2.51. The van der Waals surface area contributed by atoms with Crippen LogP contribution < -0.4 is 0 Å². The normalized spacial score (nSPS) is 15.7. The molecule has 0 aromatic heterocycles. The molecular formula is C9H19B2F3. The van der Waals surface area contributed by atoms with Gasteiger partial charge in [-0.15, -0.1) is 0 Å². The number of halogens is 3. The Morgan fingerprint density at radius 3 is 1.14 bits per heavy atom. The topological polar surface area (TPSA) is 0 Å². The van der Waals surface area contributed by atoms with Crippen molar-refractivity contribution in [3.8, 4) is 0 Å². The van der Waals surface area contributed by atoms with Crippen LogP contribution in [-0.4, -0.2) is 21.9 Å². The highest BCUT2D eigenvalue weighted by Crippen LogP contribution is 2.59. The summed E-state index contributed by atoms with van der Waals surface area (Å²) in [6.45, 7) is 8.10. The number of alkyl halides is 3. The van der Waals surface area contributed by atoms with E-state index >= 15 is 0 Å². The molecule has 0 saturated carbocycles. The molecule has 0 aliphatic heterocycles. The maximum Gasteiger partial charge on any atom is 0.393 e. The van der Waals surface area contributed by atoms with Crippen LogP contribution in [0.5, 0.6) is 0 Å². The molecule has 0 aromatic rings. The molecule has 0 nitrogen and oxygen atoms in total. The summed E-state index contributed by atoms with van der Waals surface area (Å²) in [6.07, 6.45) is -4.16. The second kappa shape index (κ2) is 3.21. The monoisotopic (exact) mass is 206 g/mol. The SMILES string of the molecule is BC(B)(C(C)(C)C)C(C)(C)C(F)(F)F. The first-order valence-corrected chi connectivity index (χ1v) is 4.82. The summed E-state index contributed by atoms with van der Waals surface area (Å²) < 4.78 is 38.6. The van der Waals surface area contributed by atoms with Crippen molar-refractivity contribution < 1.29 is 13.2 Å². The predicted octanol–water partition coefficient (Wildman–Crippen LogP) is 2.00. The van der Waals surface area contributed by atoms with Crippen LogP contribution in [0, 0.1) is 10.8 Å². The third-order valence-corrected chi connectivity index (χ3v) is 4.15. The molecule has 0 rings (SSSR count). The molecule has 82 valence electrons. The van der Waals surface area contributed by atoms with Crippen LogP contribution in [0.25, 0.3) is 0 Å². The quantitative estimate of drug-likeness (QED) is 0.575. The van der Waals surface area contributed by atoms with Crippen molar-refractivity contribution in [2.45, 2.75) is 46.0 Å². The van der Waals surface area contributed by atoms with E-state index in [1.165, 1.54) is 13.8 Å². The van der Waals surface area contributed by atoms with Gasteiger partial charge in [0.2, 0.25) is 0 Å². The molecule has 0 spiro atoms. The van der Waals surface area contributed by atoms with Crippen LogP contribution in [-0.2, 0) is 0 Å². The Balaban J connectivity index is 5.30. The molecule has 0 atom stereocenters. The lowest BCUT2D eigenvalue weighted by atomic mass is 9.34. The van der Waals surface area contributed by atoms with E-state index in [0.717, 1.165) is 0 Å². The molecule has 14 heavy (non-hydrogen) atoms. The Hall–Kier alpha value is -0.0801. The highest BCUT2D eigenvalue weighted by atomic mass is 19.4. The minimum atomic E-state index is -4.16. The molecular weight excluding hydrogens is 187 g/mol. The predicted molar refractivity (Wildman–Crippen MR) is 59.1 cm³/mol. The first kappa shape index (κ1) is 13.9. The number of hydrogen-bond acceptors (Lipinski definition) is 0. The van der Waals surface area contributed by atoms with Gasteiger partial charge in [-0.25, -0.2) is 0 Å². The maximum atomic E-state index is 12.9. The van der Waals surface area contributed by atoms with Crippen molar-refractivity contribution in [1.29, 1.82) is 0 Å². The van der Waals surface area contributed by atoms with E-state index in [2.05, 4.69) is 0 Å². The zero-order valence-corrected chi connectivity index (χ0v) is 10.1. The lowest BCUT2D eigenvalue weighted by Crippen LogP contribution is -2.50. The molecule has 0 aliphatic carbocycles. The molecule has 0 amide bonds. The van der Waals surface area contributed by atoms with E-state index in [4.69, 9.17) is 0 Å². The van der Waals surface area contributed by atoms with E-state index in [-0.39, 0.29) is 5.41 Å². The van der Waals surface area contributed by atoms with Gasteiger partial charge in [0.25, 0.3) is 0 Å². The van der Waals surface area contributed by atoms with Crippen LogP contribution in [0.4, 0.5) is 13.2 Å². The van der Waals surface area contributed by atoms with Crippen molar-refractivity contribution >= 4 is 15.7 Å². The standard InChI is InChI=1S/C9H19B2F3/c1-6(2,3)8(10,11)7(4,5)9(12,13)14/h10-11H2,1-5H3. The molecule has 0 saturated heterocycles. The van der Waals surface area contributed by atoms with Crippen LogP contribution in [0.2, 0.25) is 5.21 Å². The summed E-state index contributed by atoms with van der Waals surface area (Å²) in [5.74, 6) is 0. The van der Waals surface area contributed by atoms with Gasteiger partial charge in [-0.2, -0.15) is 13.2 Å². The molecule has 0 heterocycles. The Labute approximate surface area is 86.5 Å². The van der Waals surface area contributed by atoms with Gasteiger partial charge in [0, 0.05) is 0 Å². The Morgan fingerprint density at radius 1 is 0.786 bits per heavy atom. The Morgan fingerprint density at radius 2 is 1.07 bits per heavy atom. The number of hydrogen-bond donors (Lipinski definition) is 0.